The number of amides is 1. The second kappa shape index (κ2) is 15.4. The normalized spacial score (nSPS) is 16.0. The number of hydrogen-bond donors (Lipinski definition) is 5. The van der Waals surface area contributed by atoms with E-state index >= 15 is 0 Å². The van der Waals surface area contributed by atoms with Gasteiger partial charge in [-0.25, -0.2) is 0 Å². The first-order valence-corrected chi connectivity index (χ1v) is 14.0. The first-order valence-electron chi connectivity index (χ1n) is 14.0. The average molecular weight is 527 g/mol. The number of carbonyl (C=O) groups excluding carboxylic acids is 1. The van der Waals surface area contributed by atoms with Crippen molar-refractivity contribution in [2.24, 2.45) is 11.7 Å². The van der Waals surface area contributed by atoms with Gasteiger partial charge in [-0.2, -0.15) is 15.0 Å². The van der Waals surface area contributed by atoms with Crippen molar-refractivity contribution in [3.05, 3.63) is 29.8 Å². The lowest BCUT2D eigenvalue weighted by Crippen LogP contribution is -2.28. The predicted octanol–water partition coefficient (Wildman–Crippen LogP) is 3.29. The van der Waals surface area contributed by atoms with E-state index in [1.54, 1.807) is 12.1 Å². The van der Waals surface area contributed by atoms with E-state index in [-0.39, 0.29) is 5.91 Å². The molecule has 0 spiro atoms. The number of nitrogens with one attached hydrogen (secondary N) is 4. The summed E-state index contributed by atoms with van der Waals surface area (Å²) in [6.07, 6.45) is 9.97. The van der Waals surface area contributed by atoms with Gasteiger partial charge in [-0.05, 0) is 62.3 Å². The number of anilines is 4. The molecule has 0 unspecified atom stereocenters. The fraction of sp³-hybridized carbons (Fsp3) is 0.630. The molecule has 38 heavy (non-hydrogen) atoms. The van der Waals surface area contributed by atoms with Crippen LogP contribution in [0.3, 0.4) is 0 Å². The highest BCUT2D eigenvalue weighted by Crippen LogP contribution is 2.25. The Morgan fingerprint density at radius 1 is 0.842 bits per heavy atom. The largest absolute Gasteiger partial charge is 0.378 e. The maximum absolute atomic E-state index is 12.4. The number of ether oxygens (including phenoxy) is 2. The molecule has 1 heterocycles. The molecule has 1 aromatic carbocycles. The van der Waals surface area contributed by atoms with Crippen LogP contribution >= 0.6 is 0 Å². The van der Waals surface area contributed by atoms with Crippen LogP contribution in [-0.2, 0) is 9.47 Å². The van der Waals surface area contributed by atoms with E-state index in [9.17, 15) is 4.79 Å². The number of hydrogen-bond acceptors (Lipinski definition) is 10. The summed E-state index contributed by atoms with van der Waals surface area (Å²) in [6.45, 7) is 3.72. The second-order valence-electron chi connectivity index (χ2n) is 9.94. The molecule has 1 aromatic heterocycles. The molecule has 6 N–H and O–H groups in total. The van der Waals surface area contributed by atoms with E-state index in [2.05, 4.69) is 36.2 Å². The Bertz CT molecular complexity index is 981. The molecule has 208 valence electrons. The van der Waals surface area contributed by atoms with Crippen molar-refractivity contribution in [2.75, 3.05) is 62.0 Å². The lowest BCUT2D eigenvalue weighted by molar-refractivity contribution is 0.0511. The number of rotatable bonds is 16. The van der Waals surface area contributed by atoms with Crippen LogP contribution in [-0.4, -0.2) is 73.0 Å². The first-order chi connectivity index (χ1) is 18.7. The number of carbonyl (C=O) groups is 1. The van der Waals surface area contributed by atoms with E-state index < -0.39 is 0 Å². The monoisotopic (exact) mass is 526 g/mol. The number of nitrogens with zero attached hydrogens (tertiary/aromatic N) is 3. The predicted molar refractivity (Wildman–Crippen MR) is 149 cm³/mol. The van der Waals surface area contributed by atoms with Gasteiger partial charge in [-0.15, -0.1) is 0 Å². The quantitative estimate of drug-likeness (QED) is 0.206. The SMILES string of the molecule is NCCOCCOCCNC(=O)c1ccc(Nc2nc(NCC3CCCCC3)nc(NC3CCC3)n2)cc1. The fourth-order valence-corrected chi connectivity index (χ4v) is 4.52. The smallest absolute Gasteiger partial charge is 0.251 e. The van der Waals surface area contributed by atoms with Crippen molar-refractivity contribution < 1.29 is 14.3 Å². The van der Waals surface area contributed by atoms with Crippen LogP contribution in [0.4, 0.5) is 23.5 Å². The van der Waals surface area contributed by atoms with E-state index in [0.29, 0.717) is 74.9 Å². The summed E-state index contributed by atoms with van der Waals surface area (Å²) in [4.78, 5) is 26.3. The second-order valence-corrected chi connectivity index (χ2v) is 9.94. The Morgan fingerprint density at radius 2 is 1.55 bits per heavy atom. The molecule has 11 nitrogen and oxygen atoms in total. The van der Waals surface area contributed by atoms with Crippen LogP contribution in [0.5, 0.6) is 0 Å². The maximum atomic E-state index is 12.4. The summed E-state index contributed by atoms with van der Waals surface area (Å²) < 4.78 is 10.7. The summed E-state index contributed by atoms with van der Waals surface area (Å²) in [6, 6.07) is 7.66. The van der Waals surface area contributed by atoms with Gasteiger partial charge in [0, 0.05) is 36.9 Å². The first kappa shape index (κ1) is 28.0. The Labute approximate surface area is 225 Å². The molecular formula is C27H42N8O3. The van der Waals surface area contributed by atoms with Crippen molar-refractivity contribution >= 4 is 29.4 Å². The number of nitrogens with two attached hydrogens (primary N) is 1. The van der Waals surface area contributed by atoms with Gasteiger partial charge in [-0.1, -0.05) is 19.3 Å². The Balaban J connectivity index is 1.28. The van der Waals surface area contributed by atoms with Crippen molar-refractivity contribution in [3.63, 3.8) is 0 Å². The third-order valence-corrected chi connectivity index (χ3v) is 6.92. The molecule has 0 bridgehead atoms. The summed E-state index contributed by atoms with van der Waals surface area (Å²) in [5, 5.41) is 13.0. The molecule has 2 aliphatic rings. The molecule has 2 aliphatic carbocycles. The topological polar surface area (TPSA) is 148 Å². The Kier molecular flexibility index (Phi) is 11.4. The lowest BCUT2D eigenvalue weighted by atomic mass is 9.89. The van der Waals surface area contributed by atoms with Gasteiger partial charge in [-0.3, -0.25) is 4.79 Å². The highest BCUT2D eigenvalue weighted by Gasteiger charge is 2.20. The van der Waals surface area contributed by atoms with E-state index in [4.69, 9.17) is 15.2 Å². The summed E-state index contributed by atoms with van der Waals surface area (Å²) in [5.41, 5.74) is 6.73. The molecule has 11 heteroatoms. The van der Waals surface area contributed by atoms with Gasteiger partial charge >= 0.3 is 0 Å². The third kappa shape index (κ3) is 9.38. The zero-order valence-electron chi connectivity index (χ0n) is 22.2. The molecule has 0 saturated heterocycles. The van der Waals surface area contributed by atoms with Gasteiger partial charge < -0.3 is 36.5 Å². The van der Waals surface area contributed by atoms with Crippen LogP contribution in [0.25, 0.3) is 0 Å². The fourth-order valence-electron chi connectivity index (χ4n) is 4.52. The number of aromatic nitrogens is 3. The lowest BCUT2D eigenvalue weighted by Gasteiger charge is -2.26. The van der Waals surface area contributed by atoms with Crippen molar-refractivity contribution in [3.8, 4) is 0 Å². The van der Waals surface area contributed by atoms with Crippen molar-refractivity contribution in [1.82, 2.24) is 20.3 Å². The molecule has 2 aromatic rings. The summed E-state index contributed by atoms with van der Waals surface area (Å²) in [5.74, 6) is 2.15. The average Bonchev–Trinajstić information content (AvgIpc) is 2.92. The molecule has 1 amide bonds. The molecular weight excluding hydrogens is 484 g/mol. The minimum Gasteiger partial charge on any atom is -0.378 e. The van der Waals surface area contributed by atoms with Gasteiger partial charge in [0.15, 0.2) is 0 Å². The van der Waals surface area contributed by atoms with Crippen molar-refractivity contribution in [2.45, 2.75) is 57.4 Å². The van der Waals surface area contributed by atoms with Crippen LogP contribution in [0.2, 0.25) is 0 Å². The van der Waals surface area contributed by atoms with Gasteiger partial charge in [0.1, 0.15) is 0 Å². The zero-order chi connectivity index (χ0) is 26.4. The van der Waals surface area contributed by atoms with Gasteiger partial charge in [0.2, 0.25) is 17.8 Å². The van der Waals surface area contributed by atoms with Crippen molar-refractivity contribution in [1.29, 1.82) is 0 Å². The molecule has 2 saturated carbocycles. The van der Waals surface area contributed by atoms with Crippen LogP contribution in [0, 0.1) is 5.92 Å². The molecule has 0 radical (unpaired) electrons. The summed E-state index contributed by atoms with van der Waals surface area (Å²) >= 11 is 0. The van der Waals surface area contributed by atoms with Crippen LogP contribution < -0.4 is 27.0 Å². The zero-order valence-corrected chi connectivity index (χ0v) is 22.2. The molecule has 0 atom stereocenters. The molecule has 2 fully saturated rings. The van der Waals surface area contributed by atoms with E-state index in [0.717, 1.165) is 25.1 Å². The van der Waals surface area contributed by atoms with Gasteiger partial charge in [0.05, 0.1) is 26.4 Å². The highest BCUT2D eigenvalue weighted by molar-refractivity contribution is 5.94. The Morgan fingerprint density at radius 3 is 2.26 bits per heavy atom. The maximum Gasteiger partial charge on any atom is 0.251 e. The molecule has 4 rings (SSSR count). The number of benzene rings is 1. The minimum absolute atomic E-state index is 0.152. The van der Waals surface area contributed by atoms with Crippen LogP contribution in [0.1, 0.15) is 61.7 Å². The minimum atomic E-state index is -0.152. The third-order valence-electron chi connectivity index (χ3n) is 6.92. The van der Waals surface area contributed by atoms with E-state index in [1.807, 2.05) is 12.1 Å². The van der Waals surface area contributed by atoms with E-state index in [1.165, 1.54) is 38.5 Å². The summed E-state index contributed by atoms with van der Waals surface area (Å²) in [7, 11) is 0. The Hall–Kier alpha value is -3.02. The van der Waals surface area contributed by atoms with Gasteiger partial charge in [0.25, 0.3) is 5.91 Å². The van der Waals surface area contributed by atoms with Crippen LogP contribution in [0.15, 0.2) is 24.3 Å². The standard InChI is InChI=1S/C27H42N8O3/c28-13-15-37-17-18-38-16-14-29-24(36)21-9-11-23(12-10-21)32-27-34-25(30-19-20-5-2-1-3-6-20)33-26(35-27)31-22-7-4-8-22/h9-12,20,22H,1-8,13-19,28H2,(H,29,36)(H3,30,31,32,33,34,35). The highest BCUT2D eigenvalue weighted by atomic mass is 16.5. The molecule has 0 aliphatic heterocycles.